The average Bonchev–Trinajstić information content (AvgIpc) is 1.96. The molecule has 3 rings (SSSR count). The van der Waals surface area contributed by atoms with E-state index in [1.807, 2.05) is 0 Å². The van der Waals surface area contributed by atoms with Gasteiger partial charge in [0.05, 0.1) is 0 Å². The van der Waals surface area contributed by atoms with Crippen molar-refractivity contribution in [3.63, 3.8) is 0 Å². The van der Waals surface area contributed by atoms with Gasteiger partial charge in [0.2, 0.25) is 5.91 Å². The van der Waals surface area contributed by atoms with Gasteiger partial charge in [-0.15, -0.1) is 0 Å². The molecule has 2 bridgehead atoms. The van der Waals surface area contributed by atoms with E-state index in [9.17, 15) is 4.79 Å². The lowest BCUT2D eigenvalue weighted by atomic mass is 9.56. The van der Waals surface area contributed by atoms with Gasteiger partial charge in [0.1, 0.15) is 0 Å². The van der Waals surface area contributed by atoms with Crippen molar-refractivity contribution >= 4 is 5.91 Å². The van der Waals surface area contributed by atoms with Crippen LogP contribution in [0.2, 0.25) is 0 Å². The van der Waals surface area contributed by atoms with Crippen molar-refractivity contribution < 1.29 is 4.79 Å². The molecule has 2 heteroatoms. The Balaban J connectivity index is 2.10. The third-order valence-electron chi connectivity index (χ3n) is 3.76. The number of fused-ring (bicyclic) bond motifs is 4. The maximum Gasteiger partial charge on any atom is 0.220 e. The topological polar surface area (TPSA) is 29.1 Å². The van der Waals surface area contributed by atoms with Crippen LogP contribution in [0.15, 0.2) is 0 Å². The zero-order chi connectivity index (χ0) is 8.77. The molecule has 0 aromatic rings. The second-order valence-electron chi connectivity index (χ2n) is 4.77. The van der Waals surface area contributed by atoms with Crippen LogP contribution >= 0.6 is 0 Å². The van der Waals surface area contributed by atoms with E-state index in [0.29, 0.717) is 11.5 Å². The van der Waals surface area contributed by atoms with Crippen molar-refractivity contribution in [1.82, 2.24) is 5.32 Å². The Bertz CT molecular complexity index is 208. The van der Waals surface area contributed by atoms with Crippen molar-refractivity contribution in [2.45, 2.75) is 45.6 Å². The third kappa shape index (κ3) is 1.05. The van der Waals surface area contributed by atoms with Crippen LogP contribution < -0.4 is 5.32 Å². The second-order valence-corrected chi connectivity index (χ2v) is 4.77. The molecule has 1 aliphatic carbocycles. The van der Waals surface area contributed by atoms with E-state index in [1.165, 1.54) is 12.8 Å². The van der Waals surface area contributed by atoms with Crippen LogP contribution in [0.4, 0.5) is 0 Å². The van der Waals surface area contributed by atoms with E-state index >= 15 is 0 Å². The average molecular weight is 167 g/mol. The van der Waals surface area contributed by atoms with Crippen molar-refractivity contribution in [3.05, 3.63) is 0 Å². The maximum absolute atomic E-state index is 11.2. The van der Waals surface area contributed by atoms with Gasteiger partial charge in [0.15, 0.2) is 0 Å². The molecule has 68 valence electrons. The summed E-state index contributed by atoms with van der Waals surface area (Å²) in [6.07, 6.45) is 4.27. The fourth-order valence-electron chi connectivity index (χ4n) is 2.53. The van der Waals surface area contributed by atoms with Gasteiger partial charge in [-0.05, 0) is 30.6 Å². The Labute approximate surface area is 73.7 Å². The SMILES string of the molecule is CC1(C)C2CCCC(=O)NC1C2. The van der Waals surface area contributed by atoms with Crippen LogP contribution in [-0.2, 0) is 4.79 Å². The van der Waals surface area contributed by atoms with Gasteiger partial charge in [-0.2, -0.15) is 0 Å². The fraction of sp³-hybridized carbons (Fsp3) is 0.900. The zero-order valence-electron chi connectivity index (χ0n) is 7.89. The maximum atomic E-state index is 11.2. The molecule has 0 aromatic carbocycles. The quantitative estimate of drug-likeness (QED) is 0.584. The first-order valence-corrected chi connectivity index (χ1v) is 4.90. The van der Waals surface area contributed by atoms with Crippen molar-refractivity contribution in [1.29, 1.82) is 0 Å². The molecule has 2 saturated heterocycles. The molecule has 1 saturated carbocycles. The summed E-state index contributed by atoms with van der Waals surface area (Å²) < 4.78 is 0. The van der Waals surface area contributed by atoms with Gasteiger partial charge < -0.3 is 5.32 Å². The molecule has 3 aliphatic rings. The standard InChI is InChI=1S/C10H17NO/c1-10(2)7-4-3-5-9(12)11-8(10)6-7/h7-8H,3-6H2,1-2H3,(H,11,12). The molecule has 0 spiro atoms. The molecular weight excluding hydrogens is 150 g/mol. The molecule has 12 heavy (non-hydrogen) atoms. The Morgan fingerprint density at radius 3 is 2.92 bits per heavy atom. The summed E-state index contributed by atoms with van der Waals surface area (Å²) in [4.78, 5) is 11.2. The van der Waals surface area contributed by atoms with Crippen LogP contribution in [0.3, 0.4) is 0 Å². The number of hydrogen-bond donors (Lipinski definition) is 1. The monoisotopic (exact) mass is 167 g/mol. The number of amides is 1. The smallest absolute Gasteiger partial charge is 0.220 e. The largest absolute Gasteiger partial charge is 0.353 e. The van der Waals surface area contributed by atoms with E-state index in [4.69, 9.17) is 0 Å². The lowest BCUT2D eigenvalue weighted by Gasteiger charge is -2.53. The van der Waals surface area contributed by atoms with Crippen LogP contribution in [0, 0.1) is 11.3 Å². The Kier molecular flexibility index (Phi) is 1.67. The zero-order valence-corrected chi connectivity index (χ0v) is 7.89. The first-order chi connectivity index (χ1) is 5.60. The molecule has 3 fully saturated rings. The van der Waals surface area contributed by atoms with E-state index in [2.05, 4.69) is 19.2 Å². The molecule has 0 aromatic heterocycles. The minimum atomic E-state index is 0.256. The van der Waals surface area contributed by atoms with Gasteiger partial charge in [0.25, 0.3) is 0 Å². The van der Waals surface area contributed by atoms with Crippen LogP contribution in [0.25, 0.3) is 0 Å². The molecular formula is C10H17NO. The molecule has 2 aliphatic heterocycles. The number of hydrogen-bond acceptors (Lipinski definition) is 1. The van der Waals surface area contributed by atoms with Crippen LogP contribution in [-0.4, -0.2) is 11.9 Å². The lowest BCUT2D eigenvalue weighted by molar-refractivity contribution is -0.128. The first kappa shape index (κ1) is 8.09. The van der Waals surface area contributed by atoms with Crippen molar-refractivity contribution in [2.75, 3.05) is 0 Å². The summed E-state index contributed by atoms with van der Waals surface area (Å²) in [6.45, 7) is 4.55. The molecule has 1 N–H and O–H groups in total. The van der Waals surface area contributed by atoms with Crippen molar-refractivity contribution in [2.24, 2.45) is 11.3 Å². The highest BCUT2D eigenvalue weighted by atomic mass is 16.1. The van der Waals surface area contributed by atoms with Crippen molar-refractivity contribution in [3.8, 4) is 0 Å². The summed E-state index contributed by atoms with van der Waals surface area (Å²) in [7, 11) is 0. The predicted octanol–water partition coefficient (Wildman–Crippen LogP) is 1.70. The third-order valence-corrected chi connectivity index (χ3v) is 3.76. The summed E-state index contributed by atoms with van der Waals surface area (Å²) in [6, 6.07) is 0.454. The van der Waals surface area contributed by atoms with Crippen LogP contribution in [0.1, 0.15) is 39.5 Å². The molecule has 2 unspecified atom stereocenters. The minimum absolute atomic E-state index is 0.256. The summed E-state index contributed by atoms with van der Waals surface area (Å²) in [5, 5.41) is 3.10. The summed E-state index contributed by atoms with van der Waals surface area (Å²) in [5.41, 5.74) is 0.357. The van der Waals surface area contributed by atoms with Gasteiger partial charge in [-0.3, -0.25) is 4.79 Å². The van der Waals surface area contributed by atoms with E-state index in [-0.39, 0.29) is 5.91 Å². The summed E-state index contributed by atoms with van der Waals surface area (Å²) >= 11 is 0. The number of nitrogens with one attached hydrogen (secondary N) is 1. The number of carbonyl (C=O) groups excluding carboxylic acids is 1. The molecule has 2 atom stereocenters. The second kappa shape index (κ2) is 2.48. The normalized spacial score (nSPS) is 39.0. The first-order valence-electron chi connectivity index (χ1n) is 4.90. The van der Waals surface area contributed by atoms with E-state index < -0.39 is 0 Å². The lowest BCUT2D eigenvalue weighted by Crippen LogP contribution is -2.59. The Hall–Kier alpha value is -0.530. The van der Waals surface area contributed by atoms with E-state index in [0.717, 1.165) is 18.8 Å². The highest BCUT2D eigenvalue weighted by Crippen LogP contribution is 2.49. The molecule has 2 nitrogen and oxygen atoms in total. The predicted molar refractivity (Wildman–Crippen MR) is 47.7 cm³/mol. The molecule has 1 amide bonds. The number of rotatable bonds is 0. The fourth-order valence-corrected chi connectivity index (χ4v) is 2.53. The van der Waals surface area contributed by atoms with Gasteiger partial charge >= 0.3 is 0 Å². The number of carbonyl (C=O) groups is 1. The van der Waals surface area contributed by atoms with Gasteiger partial charge in [0, 0.05) is 12.5 Å². The summed E-state index contributed by atoms with van der Waals surface area (Å²) in [5.74, 6) is 1.11. The van der Waals surface area contributed by atoms with E-state index in [1.54, 1.807) is 0 Å². The van der Waals surface area contributed by atoms with Gasteiger partial charge in [-0.25, -0.2) is 0 Å². The molecule has 0 radical (unpaired) electrons. The minimum Gasteiger partial charge on any atom is -0.353 e. The van der Waals surface area contributed by atoms with Gasteiger partial charge in [-0.1, -0.05) is 13.8 Å². The van der Waals surface area contributed by atoms with Crippen LogP contribution in [0.5, 0.6) is 0 Å². The Morgan fingerprint density at radius 2 is 2.25 bits per heavy atom. The Morgan fingerprint density at radius 1 is 1.50 bits per heavy atom. The highest BCUT2D eigenvalue weighted by molar-refractivity contribution is 5.76. The highest BCUT2D eigenvalue weighted by Gasteiger charge is 2.48. The molecule has 2 heterocycles.